The van der Waals surface area contributed by atoms with Gasteiger partial charge in [-0.05, 0) is 37.5 Å². The average Bonchev–Trinajstić information content (AvgIpc) is 2.80. The van der Waals surface area contributed by atoms with Crippen LogP contribution in [0.15, 0.2) is 18.2 Å². The molecule has 1 saturated carbocycles. The summed E-state index contributed by atoms with van der Waals surface area (Å²) in [5.41, 5.74) is 0.756. The summed E-state index contributed by atoms with van der Waals surface area (Å²) in [4.78, 5) is 41.7. The minimum Gasteiger partial charge on any atom is -0.466 e. The molecule has 2 unspecified atom stereocenters. The standard InChI is InChI=1S/C24H33Cl2N3O4/c1-3-33-24(32)19-6-4-5-7-22(19)28-10-12-29(13-11-28)23(31)21(27-16(2)30)14-17-8-9-18(25)15-20(17)26/h8-9,15,19,21-22H,3-7,10-14H2,1-2H3,(H,27,30)/t19-,21?,22?/m1/s1. The van der Waals surface area contributed by atoms with Crippen LogP contribution in [-0.2, 0) is 25.5 Å². The maximum atomic E-state index is 13.3. The molecule has 0 bridgehead atoms. The van der Waals surface area contributed by atoms with Gasteiger partial charge in [0.2, 0.25) is 11.8 Å². The molecule has 0 radical (unpaired) electrons. The minimum absolute atomic E-state index is 0.0971. The van der Waals surface area contributed by atoms with Gasteiger partial charge in [-0.2, -0.15) is 0 Å². The van der Waals surface area contributed by atoms with Gasteiger partial charge in [0.05, 0.1) is 12.5 Å². The van der Waals surface area contributed by atoms with Crippen LogP contribution in [0.2, 0.25) is 10.0 Å². The molecule has 1 aliphatic carbocycles. The molecule has 1 aliphatic heterocycles. The monoisotopic (exact) mass is 497 g/mol. The number of piperazine rings is 1. The fourth-order valence-electron chi connectivity index (χ4n) is 4.92. The van der Waals surface area contributed by atoms with Crippen molar-refractivity contribution >= 4 is 41.0 Å². The largest absolute Gasteiger partial charge is 0.466 e. The van der Waals surface area contributed by atoms with Gasteiger partial charge in [0.1, 0.15) is 6.04 Å². The summed E-state index contributed by atoms with van der Waals surface area (Å²) in [7, 11) is 0. The predicted molar refractivity (Wildman–Crippen MR) is 128 cm³/mol. The van der Waals surface area contributed by atoms with Crippen molar-refractivity contribution in [2.24, 2.45) is 5.92 Å². The molecule has 0 spiro atoms. The van der Waals surface area contributed by atoms with Crippen LogP contribution < -0.4 is 5.32 Å². The quantitative estimate of drug-likeness (QED) is 0.584. The summed E-state index contributed by atoms with van der Waals surface area (Å²) in [5, 5.41) is 3.77. The van der Waals surface area contributed by atoms with E-state index in [-0.39, 0.29) is 29.7 Å². The number of amides is 2. The summed E-state index contributed by atoms with van der Waals surface area (Å²) in [6, 6.07) is 4.60. The maximum absolute atomic E-state index is 13.3. The zero-order valence-corrected chi connectivity index (χ0v) is 20.8. The van der Waals surface area contributed by atoms with Crippen molar-refractivity contribution in [1.82, 2.24) is 15.1 Å². The topological polar surface area (TPSA) is 79.0 Å². The Bertz CT molecular complexity index is 858. The number of ether oxygens (including phenoxy) is 1. The Kier molecular flexibility index (Phi) is 9.41. The normalized spacial score (nSPS) is 22.5. The third-order valence-corrected chi connectivity index (χ3v) is 7.12. The third kappa shape index (κ3) is 6.84. The van der Waals surface area contributed by atoms with Crippen molar-refractivity contribution in [1.29, 1.82) is 0 Å². The van der Waals surface area contributed by atoms with Crippen molar-refractivity contribution in [3.05, 3.63) is 33.8 Å². The van der Waals surface area contributed by atoms with Crippen LogP contribution in [0.4, 0.5) is 0 Å². The van der Waals surface area contributed by atoms with E-state index in [2.05, 4.69) is 10.2 Å². The number of carbonyl (C=O) groups is 3. The van der Waals surface area contributed by atoms with Gasteiger partial charge in [-0.3, -0.25) is 19.3 Å². The first-order chi connectivity index (χ1) is 15.8. The molecule has 1 aromatic rings. The smallest absolute Gasteiger partial charge is 0.310 e. The van der Waals surface area contributed by atoms with Crippen LogP contribution >= 0.6 is 23.2 Å². The fourth-order valence-corrected chi connectivity index (χ4v) is 5.41. The Balaban J connectivity index is 1.64. The number of rotatable bonds is 7. The zero-order valence-electron chi connectivity index (χ0n) is 19.3. The first-order valence-corrected chi connectivity index (χ1v) is 12.5. The van der Waals surface area contributed by atoms with Crippen LogP contribution in [0, 0.1) is 5.92 Å². The predicted octanol–water partition coefficient (Wildman–Crippen LogP) is 3.31. The SMILES string of the molecule is CCOC(=O)[C@@H]1CCCCC1N1CCN(C(=O)C(Cc2ccc(Cl)cc2Cl)NC(C)=O)CC1. The van der Waals surface area contributed by atoms with Gasteiger partial charge in [0, 0.05) is 55.6 Å². The lowest BCUT2D eigenvalue weighted by atomic mass is 9.83. The molecule has 1 N–H and O–H groups in total. The van der Waals surface area contributed by atoms with Crippen molar-refractivity contribution in [3.8, 4) is 0 Å². The molecule has 3 atom stereocenters. The molecule has 182 valence electrons. The Morgan fingerprint density at radius 2 is 1.82 bits per heavy atom. The molecule has 7 nitrogen and oxygen atoms in total. The molecule has 9 heteroatoms. The van der Waals surface area contributed by atoms with Gasteiger partial charge >= 0.3 is 5.97 Å². The van der Waals surface area contributed by atoms with E-state index in [4.69, 9.17) is 27.9 Å². The van der Waals surface area contributed by atoms with E-state index < -0.39 is 6.04 Å². The van der Waals surface area contributed by atoms with Crippen LogP contribution in [0.1, 0.15) is 45.1 Å². The molecular weight excluding hydrogens is 465 g/mol. The van der Waals surface area contributed by atoms with E-state index in [9.17, 15) is 14.4 Å². The highest BCUT2D eigenvalue weighted by molar-refractivity contribution is 6.35. The van der Waals surface area contributed by atoms with Crippen LogP contribution in [0.3, 0.4) is 0 Å². The molecular formula is C24H33Cl2N3O4. The van der Waals surface area contributed by atoms with E-state index in [1.54, 1.807) is 23.1 Å². The number of hydrogen-bond donors (Lipinski definition) is 1. The summed E-state index contributed by atoms with van der Waals surface area (Å²) < 4.78 is 5.31. The Morgan fingerprint density at radius 3 is 2.45 bits per heavy atom. The molecule has 1 saturated heterocycles. The number of halogens is 2. The van der Waals surface area contributed by atoms with E-state index in [0.717, 1.165) is 31.2 Å². The van der Waals surface area contributed by atoms with Crippen molar-refractivity contribution in [2.45, 2.75) is 58.0 Å². The Hall–Kier alpha value is -1.83. The summed E-state index contributed by atoms with van der Waals surface area (Å²) in [6.45, 7) is 6.13. The first-order valence-electron chi connectivity index (χ1n) is 11.7. The molecule has 0 aromatic heterocycles. The van der Waals surface area contributed by atoms with Gasteiger partial charge < -0.3 is 15.0 Å². The molecule has 33 heavy (non-hydrogen) atoms. The number of nitrogens with zero attached hydrogens (tertiary/aromatic N) is 2. The lowest BCUT2D eigenvalue weighted by Crippen LogP contribution is -2.58. The van der Waals surface area contributed by atoms with E-state index in [1.165, 1.54) is 6.92 Å². The summed E-state index contributed by atoms with van der Waals surface area (Å²) >= 11 is 12.3. The number of hydrogen-bond acceptors (Lipinski definition) is 5. The second-order valence-corrected chi connectivity index (χ2v) is 9.61. The Labute approximate surface area is 205 Å². The number of esters is 1. The molecule has 2 amide bonds. The highest BCUT2D eigenvalue weighted by Gasteiger charge is 2.38. The van der Waals surface area contributed by atoms with Crippen molar-refractivity contribution in [2.75, 3.05) is 32.8 Å². The first kappa shape index (κ1) is 25.8. The van der Waals surface area contributed by atoms with Crippen molar-refractivity contribution < 1.29 is 19.1 Å². The zero-order chi connectivity index (χ0) is 24.0. The van der Waals surface area contributed by atoms with E-state index >= 15 is 0 Å². The highest BCUT2D eigenvalue weighted by Crippen LogP contribution is 2.30. The van der Waals surface area contributed by atoms with E-state index in [1.807, 2.05) is 6.92 Å². The lowest BCUT2D eigenvalue weighted by molar-refractivity contribution is -0.153. The Morgan fingerprint density at radius 1 is 1.12 bits per heavy atom. The maximum Gasteiger partial charge on any atom is 0.310 e. The number of benzene rings is 1. The summed E-state index contributed by atoms with van der Waals surface area (Å²) in [5.74, 6) is -0.593. The van der Waals surface area contributed by atoms with Gasteiger partial charge in [-0.1, -0.05) is 42.1 Å². The second kappa shape index (κ2) is 12.0. The molecule has 2 fully saturated rings. The fraction of sp³-hybridized carbons (Fsp3) is 0.625. The number of nitrogens with one attached hydrogen (secondary N) is 1. The highest BCUT2D eigenvalue weighted by atomic mass is 35.5. The lowest BCUT2D eigenvalue weighted by Gasteiger charge is -2.44. The van der Waals surface area contributed by atoms with Crippen LogP contribution in [0.25, 0.3) is 0 Å². The van der Waals surface area contributed by atoms with Gasteiger partial charge in [-0.25, -0.2) is 0 Å². The van der Waals surface area contributed by atoms with E-state index in [0.29, 0.717) is 49.3 Å². The average molecular weight is 498 g/mol. The minimum atomic E-state index is -0.699. The van der Waals surface area contributed by atoms with Gasteiger partial charge in [-0.15, -0.1) is 0 Å². The second-order valence-electron chi connectivity index (χ2n) is 8.76. The molecule has 3 rings (SSSR count). The molecule has 2 aliphatic rings. The van der Waals surface area contributed by atoms with Crippen molar-refractivity contribution in [3.63, 3.8) is 0 Å². The summed E-state index contributed by atoms with van der Waals surface area (Å²) in [6.07, 6.45) is 4.27. The van der Waals surface area contributed by atoms with Crippen LogP contribution in [0.5, 0.6) is 0 Å². The third-order valence-electron chi connectivity index (χ3n) is 6.53. The molecule has 1 aromatic carbocycles. The van der Waals surface area contributed by atoms with Gasteiger partial charge in [0.25, 0.3) is 0 Å². The number of carbonyl (C=O) groups excluding carboxylic acids is 3. The molecule has 1 heterocycles. The van der Waals surface area contributed by atoms with Gasteiger partial charge in [0.15, 0.2) is 0 Å². The van der Waals surface area contributed by atoms with Crippen LogP contribution in [-0.4, -0.2) is 72.5 Å².